The molecule has 1 saturated heterocycles. The summed E-state index contributed by atoms with van der Waals surface area (Å²) >= 11 is 7.08. The van der Waals surface area contributed by atoms with E-state index in [2.05, 4.69) is 41.9 Å². The summed E-state index contributed by atoms with van der Waals surface area (Å²) in [4.78, 5) is 20.0. The Balaban J connectivity index is 1.61. The highest BCUT2D eigenvalue weighted by Crippen LogP contribution is 2.54. The van der Waals surface area contributed by atoms with Crippen molar-refractivity contribution in [1.82, 2.24) is 19.9 Å². The van der Waals surface area contributed by atoms with Crippen LogP contribution in [0.25, 0.3) is 5.69 Å². The number of hydrogen-bond acceptors (Lipinski definition) is 5. The number of amides is 1. The lowest BCUT2D eigenvalue weighted by atomic mass is 9.82. The summed E-state index contributed by atoms with van der Waals surface area (Å²) < 4.78 is 1.84. The topological polar surface area (TPSA) is 57.5 Å². The van der Waals surface area contributed by atoms with Gasteiger partial charge in [-0.15, -0.1) is 0 Å². The maximum absolute atomic E-state index is 14.2. The first-order valence-electron chi connectivity index (χ1n) is 11.4. The minimum atomic E-state index is -0.618. The fourth-order valence-corrected chi connectivity index (χ4v) is 6.09. The van der Waals surface area contributed by atoms with E-state index in [0.717, 1.165) is 36.3 Å². The fraction of sp³-hybridized carbons (Fsp3) is 0.400. The molecule has 2 unspecified atom stereocenters. The molecule has 0 N–H and O–H groups in total. The Morgan fingerprint density at radius 1 is 1.06 bits per heavy atom. The molecule has 0 spiro atoms. The molecule has 0 bridgehead atoms. The maximum atomic E-state index is 14.2. The first kappa shape index (κ1) is 21.8. The van der Waals surface area contributed by atoms with Crippen LogP contribution in [0, 0.1) is 6.92 Å². The Kier molecular flexibility index (Phi) is 5.12. The van der Waals surface area contributed by atoms with E-state index >= 15 is 0 Å². The van der Waals surface area contributed by atoms with Crippen molar-refractivity contribution in [1.29, 1.82) is 0 Å². The number of nitrogens with zero attached hydrogens (tertiary/aromatic N) is 6. The summed E-state index contributed by atoms with van der Waals surface area (Å²) in [7, 11) is 0. The van der Waals surface area contributed by atoms with E-state index in [-0.39, 0.29) is 5.91 Å². The number of anilines is 2. The second-order valence-corrected chi connectivity index (χ2v) is 9.55. The molecule has 2 aliphatic rings. The van der Waals surface area contributed by atoms with Gasteiger partial charge in [0.2, 0.25) is 0 Å². The third kappa shape index (κ3) is 2.98. The standard InChI is InChI=1S/C25H29ClN6O/c1-5-29-21-9-6-7-10-22(21)31(26)25(29,4)24(3)13-8-16-30(24)23(33)19-17-18(2)11-12-20(19)32-27-14-15-28-32/h6-7,9-12,14-15,17H,5,8,13,16H2,1-4H3. The Labute approximate surface area is 199 Å². The zero-order chi connectivity index (χ0) is 23.4. The smallest absolute Gasteiger partial charge is 0.256 e. The van der Waals surface area contributed by atoms with Gasteiger partial charge in [-0.2, -0.15) is 15.0 Å². The normalized spacial score (nSPS) is 24.5. The van der Waals surface area contributed by atoms with Gasteiger partial charge in [-0.1, -0.05) is 23.8 Å². The van der Waals surface area contributed by atoms with Crippen molar-refractivity contribution in [3.05, 3.63) is 66.0 Å². The van der Waals surface area contributed by atoms with Gasteiger partial charge in [0.1, 0.15) is 5.66 Å². The molecule has 2 atom stereocenters. The van der Waals surface area contributed by atoms with E-state index in [4.69, 9.17) is 11.8 Å². The first-order valence-corrected chi connectivity index (χ1v) is 11.8. The predicted octanol–water partition coefficient (Wildman–Crippen LogP) is 4.79. The largest absolute Gasteiger partial charge is 0.344 e. The van der Waals surface area contributed by atoms with Crippen molar-refractivity contribution in [3.63, 3.8) is 0 Å². The summed E-state index contributed by atoms with van der Waals surface area (Å²) in [5.41, 5.74) is 3.22. The zero-order valence-corrected chi connectivity index (χ0v) is 20.3. The van der Waals surface area contributed by atoms with Crippen LogP contribution in [-0.2, 0) is 0 Å². The Morgan fingerprint density at radius 2 is 1.76 bits per heavy atom. The predicted molar refractivity (Wildman–Crippen MR) is 131 cm³/mol. The summed E-state index contributed by atoms with van der Waals surface area (Å²) in [5, 5.41) is 8.55. The SMILES string of the molecule is CCN1c2ccccc2N(Cl)C1(C)C1(C)CCCN1C(=O)c1cc(C)ccc1-n1nccn1. The fourth-order valence-electron chi connectivity index (χ4n) is 5.68. The average Bonchev–Trinajstić information content (AvgIpc) is 3.53. The molecule has 1 aromatic heterocycles. The van der Waals surface area contributed by atoms with Crippen molar-refractivity contribution in [3.8, 4) is 5.69 Å². The van der Waals surface area contributed by atoms with E-state index < -0.39 is 11.2 Å². The molecule has 0 saturated carbocycles. The van der Waals surface area contributed by atoms with Crippen molar-refractivity contribution in [2.75, 3.05) is 22.4 Å². The number of para-hydroxylation sites is 2. The van der Waals surface area contributed by atoms with Gasteiger partial charge in [0.15, 0.2) is 0 Å². The minimum Gasteiger partial charge on any atom is -0.344 e. The lowest BCUT2D eigenvalue weighted by Crippen LogP contribution is -2.71. The number of rotatable bonds is 4. The van der Waals surface area contributed by atoms with Gasteiger partial charge < -0.3 is 9.80 Å². The van der Waals surface area contributed by atoms with Crippen LogP contribution in [0.2, 0.25) is 0 Å². The van der Waals surface area contributed by atoms with Gasteiger partial charge in [-0.05, 0) is 64.8 Å². The van der Waals surface area contributed by atoms with E-state index in [0.29, 0.717) is 17.8 Å². The summed E-state index contributed by atoms with van der Waals surface area (Å²) in [6.45, 7) is 9.90. The van der Waals surface area contributed by atoms with Gasteiger partial charge in [-0.25, -0.2) is 0 Å². The van der Waals surface area contributed by atoms with Gasteiger partial charge in [0.25, 0.3) is 5.91 Å². The number of hydrogen-bond donors (Lipinski definition) is 0. The van der Waals surface area contributed by atoms with Crippen LogP contribution >= 0.6 is 11.8 Å². The average molecular weight is 465 g/mol. The lowest BCUT2D eigenvalue weighted by molar-refractivity contribution is 0.0459. The Morgan fingerprint density at radius 3 is 2.45 bits per heavy atom. The van der Waals surface area contributed by atoms with Gasteiger partial charge in [0.05, 0.1) is 40.6 Å². The number of aromatic nitrogens is 3. The van der Waals surface area contributed by atoms with Gasteiger partial charge >= 0.3 is 0 Å². The summed E-state index contributed by atoms with van der Waals surface area (Å²) in [6.07, 6.45) is 5.01. The Hall–Kier alpha value is -3.06. The van der Waals surface area contributed by atoms with Crippen molar-refractivity contribution in [2.24, 2.45) is 0 Å². The molecule has 172 valence electrons. The Bertz CT molecular complexity index is 1200. The molecule has 3 heterocycles. The molecule has 33 heavy (non-hydrogen) atoms. The molecule has 1 amide bonds. The minimum absolute atomic E-state index is 0.0238. The molecule has 2 aliphatic heterocycles. The molecule has 0 radical (unpaired) electrons. The number of aryl methyl sites for hydroxylation is 1. The van der Waals surface area contributed by atoms with Crippen LogP contribution in [-0.4, -0.2) is 50.1 Å². The number of likely N-dealkylation sites (tertiary alicyclic amines) is 1. The van der Waals surface area contributed by atoms with E-state index in [1.807, 2.05) is 52.6 Å². The molecule has 7 nitrogen and oxygen atoms in total. The quantitative estimate of drug-likeness (QED) is 0.520. The van der Waals surface area contributed by atoms with E-state index in [9.17, 15) is 4.79 Å². The van der Waals surface area contributed by atoms with Crippen LogP contribution in [0.5, 0.6) is 0 Å². The number of benzene rings is 2. The third-order valence-corrected chi connectivity index (χ3v) is 8.04. The highest BCUT2D eigenvalue weighted by Gasteiger charge is 2.62. The number of carbonyl (C=O) groups excluding carboxylic acids is 1. The van der Waals surface area contributed by atoms with Crippen LogP contribution in [0.15, 0.2) is 54.9 Å². The van der Waals surface area contributed by atoms with Gasteiger partial charge in [-0.3, -0.25) is 9.21 Å². The number of likely N-dealkylation sites (N-methyl/N-ethyl adjacent to an activating group) is 1. The molecule has 3 aromatic rings. The van der Waals surface area contributed by atoms with Crippen molar-refractivity contribution >= 4 is 29.1 Å². The van der Waals surface area contributed by atoms with Crippen LogP contribution in [0.4, 0.5) is 11.4 Å². The van der Waals surface area contributed by atoms with Crippen molar-refractivity contribution < 1.29 is 4.79 Å². The number of fused-ring (bicyclic) bond motifs is 1. The van der Waals surface area contributed by atoms with E-state index in [1.165, 1.54) is 4.80 Å². The number of carbonyl (C=O) groups is 1. The van der Waals surface area contributed by atoms with Crippen molar-refractivity contribution in [2.45, 2.75) is 51.7 Å². The van der Waals surface area contributed by atoms with Crippen LogP contribution in [0.3, 0.4) is 0 Å². The molecule has 0 aliphatic carbocycles. The molecular weight excluding hydrogens is 436 g/mol. The summed E-state index contributed by atoms with van der Waals surface area (Å²) in [6, 6.07) is 14.0. The van der Waals surface area contributed by atoms with Crippen LogP contribution in [0.1, 0.15) is 49.5 Å². The van der Waals surface area contributed by atoms with Crippen LogP contribution < -0.4 is 9.32 Å². The van der Waals surface area contributed by atoms with Gasteiger partial charge in [0, 0.05) is 24.9 Å². The monoisotopic (exact) mass is 464 g/mol. The molecule has 2 aromatic carbocycles. The summed E-state index contributed by atoms with van der Waals surface area (Å²) in [5.74, 6) is -0.0238. The highest BCUT2D eigenvalue weighted by molar-refractivity contribution is 6.28. The zero-order valence-electron chi connectivity index (χ0n) is 19.5. The van der Waals surface area contributed by atoms with E-state index in [1.54, 1.807) is 12.4 Å². The third-order valence-electron chi connectivity index (χ3n) is 7.53. The first-order chi connectivity index (χ1) is 15.8. The molecular formula is C25H29ClN6O. The molecule has 5 rings (SSSR count). The second kappa shape index (κ2) is 7.76. The number of halogens is 1. The second-order valence-electron chi connectivity index (χ2n) is 9.21. The maximum Gasteiger partial charge on any atom is 0.256 e. The molecule has 8 heteroatoms. The lowest BCUT2D eigenvalue weighted by Gasteiger charge is -2.54. The molecule has 1 fully saturated rings. The highest BCUT2D eigenvalue weighted by atomic mass is 35.5.